The van der Waals surface area contributed by atoms with Crippen LogP contribution >= 0.6 is 0 Å². The van der Waals surface area contributed by atoms with Crippen LogP contribution in [0, 0.1) is 11.3 Å². The van der Waals surface area contributed by atoms with Crippen LogP contribution in [0.15, 0.2) is 0 Å². The summed E-state index contributed by atoms with van der Waals surface area (Å²) in [6, 6.07) is 0. The van der Waals surface area contributed by atoms with Crippen molar-refractivity contribution >= 4 is 5.91 Å². The standard InChI is InChI=1S/C12H22N2O2/c1-14-6-3-10(8-14)7-13-11(16)12(9-15)4-2-5-12/h10,15H,2-9H2,1H3,(H,13,16). The van der Waals surface area contributed by atoms with Gasteiger partial charge in [-0.05, 0) is 38.8 Å². The smallest absolute Gasteiger partial charge is 0.228 e. The molecule has 4 heteroatoms. The summed E-state index contributed by atoms with van der Waals surface area (Å²) >= 11 is 0. The zero-order chi connectivity index (χ0) is 11.6. The van der Waals surface area contributed by atoms with Gasteiger partial charge in [-0.2, -0.15) is 0 Å². The third-order valence-electron chi connectivity index (χ3n) is 4.14. The highest BCUT2D eigenvalue weighted by Gasteiger charge is 2.43. The summed E-state index contributed by atoms with van der Waals surface area (Å²) in [7, 11) is 2.11. The molecule has 1 amide bonds. The fourth-order valence-corrected chi connectivity index (χ4v) is 2.68. The van der Waals surface area contributed by atoms with Gasteiger partial charge in [0.2, 0.25) is 5.91 Å². The number of nitrogens with zero attached hydrogens (tertiary/aromatic N) is 1. The molecule has 0 spiro atoms. The second kappa shape index (κ2) is 4.72. The fourth-order valence-electron chi connectivity index (χ4n) is 2.68. The first-order chi connectivity index (χ1) is 7.66. The van der Waals surface area contributed by atoms with Gasteiger partial charge in [-0.3, -0.25) is 4.79 Å². The van der Waals surface area contributed by atoms with E-state index in [9.17, 15) is 9.90 Å². The van der Waals surface area contributed by atoms with Crippen LogP contribution in [-0.2, 0) is 4.79 Å². The monoisotopic (exact) mass is 226 g/mol. The van der Waals surface area contributed by atoms with Crippen LogP contribution in [-0.4, -0.2) is 49.2 Å². The highest BCUT2D eigenvalue weighted by Crippen LogP contribution is 2.40. The predicted molar refractivity (Wildman–Crippen MR) is 62.0 cm³/mol. The van der Waals surface area contributed by atoms with E-state index in [-0.39, 0.29) is 12.5 Å². The fraction of sp³-hybridized carbons (Fsp3) is 0.917. The predicted octanol–water partition coefficient (Wildman–Crippen LogP) is 0.217. The Labute approximate surface area is 97.0 Å². The lowest BCUT2D eigenvalue weighted by atomic mass is 9.68. The maximum Gasteiger partial charge on any atom is 0.228 e. The van der Waals surface area contributed by atoms with Crippen molar-refractivity contribution in [3.8, 4) is 0 Å². The summed E-state index contributed by atoms with van der Waals surface area (Å²) in [5.74, 6) is 0.653. The molecular formula is C12H22N2O2. The Morgan fingerprint density at radius 2 is 2.31 bits per heavy atom. The highest BCUT2D eigenvalue weighted by molar-refractivity contribution is 5.83. The summed E-state index contributed by atoms with van der Waals surface area (Å²) in [6.07, 6.45) is 3.93. The van der Waals surface area contributed by atoms with Crippen molar-refractivity contribution < 1.29 is 9.90 Å². The summed E-state index contributed by atoms with van der Waals surface area (Å²) in [5.41, 5.74) is -0.440. The van der Waals surface area contributed by atoms with Gasteiger partial charge in [0, 0.05) is 13.1 Å². The third-order valence-corrected chi connectivity index (χ3v) is 4.14. The van der Waals surface area contributed by atoms with Crippen molar-refractivity contribution in [2.75, 3.05) is 33.3 Å². The van der Waals surface area contributed by atoms with Crippen molar-refractivity contribution in [1.82, 2.24) is 10.2 Å². The van der Waals surface area contributed by atoms with E-state index >= 15 is 0 Å². The van der Waals surface area contributed by atoms with Crippen LogP contribution in [0.25, 0.3) is 0 Å². The van der Waals surface area contributed by atoms with Crippen molar-refractivity contribution in [1.29, 1.82) is 0 Å². The molecule has 1 saturated carbocycles. The lowest BCUT2D eigenvalue weighted by Crippen LogP contribution is -2.49. The number of aliphatic hydroxyl groups is 1. The Kier molecular flexibility index (Phi) is 3.50. The first-order valence-corrected chi connectivity index (χ1v) is 6.24. The van der Waals surface area contributed by atoms with Gasteiger partial charge in [0.1, 0.15) is 0 Å². The molecular weight excluding hydrogens is 204 g/mol. The topological polar surface area (TPSA) is 52.6 Å². The molecule has 0 bridgehead atoms. The minimum absolute atomic E-state index is 0.00338. The van der Waals surface area contributed by atoms with E-state index in [1.165, 1.54) is 6.42 Å². The molecule has 2 rings (SSSR count). The molecule has 1 unspecified atom stereocenters. The van der Waals surface area contributed by atoms with E-state index in [1.807, 2.05) is 0 Å². The molecule has 0 aromatic rings. The van der Waals surface area contributed by atoms with Gasteiger partial charge in [0.15, 0.2) is 0 Å². The molecule has 1 heterocycles. The number of hydrogen-bond acceptors (Lipinski definition) is 3. The molecule has 4 nitrogen and oxygen atoms in total. The normalized spacial score (nSPS) is 28.8. The molecule has 1 atom stereocenters. The van der Waals surface area contributed by atoms with Crippen molar-refractivity contribution in [3.63, 3.8) is 0 Å². The molecule has 1 saturated heterocycles. The average molecular weight is 226 g/mol. The Morgan fingerprint density at radius 3 is 2.75 bits per heavy atom. The zero-order valence-corrected chi connectivity index (χ0v) is 10.0. The van der Waals surface area contributed by atoms with Crippen molar-refractivity contribution in [3.05, 3.63) is 0 Å². The third kappa shape index (κ3) is 2.23. The van der Waals surface area contributed by atoms with E-state index in [0.717, 1.165) is 38.9 Å². The number of carbonyl (C=O) groups excluding carboxylic acids is 1. The number of rotatable bonds is 4. The van der Waals surface area contributed by atoms with Crippen LogP contribution in [0.5, 0.6) is 0 Å². The highest BCUT2D eigenvalue weighted by atomic mass is 16.3. The van der Waals surface area contributed by atoms with Crippen LogP contribution in [0.4, 0.5) is 0 Å². The molecule has 92 valence electrons. The molecule has 2 fully saturated rings. The summed E-state index contributed by atoms with van der Waals surface area (Å²) in [6.45, 7) is 2.98. The Morgan fingerprint density at radius 1 is 1.56 bits per heavy atom. The lowest BCUT2D eigenvalue weighted by molar-refractivity contribution is -0.139. The second-order valence-corrected chi connectivity index (χ2v) is 5.42. The number of aliphatic hydroxyl groups excluding tert-OH is 1. The number of amides is 1. The number of hydrogen-bond donors (Lipinski definition) is 2. The van der Waals surface area contributed by atoms with Crippen LogP contribution in [0.1, 0.15) is 25.7 Å². The maximum absolute atomic E-state index is 11.9. The second-order valence-electron chi connectivity index (χ2n) is 5.42. The number of nitrogens with one attached hydrogen (secondary N) is 1. The maximum atomic E-state index is 11.9. The first-order valence-electron chi connectivity index (χ1n) is 6.24. The van der Waals surface area contributed by atoms with Crippen molar-refractivity contribution in [2.45, 2.75) is 25.7 Å². The molecule has 0 aromatic heterocycles. The van der Waals surface area contributed by atoms with Gasteiger partial charge in [0.25, 0.3) is 0 Å². The van der Waals surface area contributed by atoms with Gasteiger partial charge in [-0.15, -0.1) is 0 Å². The average Bonchev–Trinajstić information content (AvgIpc) is 2.60. The van der Waals surface area contributed by atoms with Crippen LogP contribution in [0.2, 0.25) is 0 Å². The van der Waals surface area contributed by atoms with E-state index in [0.29, 0.717) is 5.92 Å². The van der Waals surface area contributed by atoms with Gasteiger partial charge in [0.05, 0.1) is 12.0 Å². The van der Waals surface area contributed by atoms with Crippen LogP contribution in [0.3, 0.4) is 0 Å². The first kappa shape index (κ1) is 11.9. The van der Waals surface area contributed by atoms with Gasteiger partial charge in [-0.25, -0.2) is 0 Å². The van der Waals surface area contributed by atoms with E-state index < -0.39 is 5.41 Å². The molecule has 16 heavy (non-hydrogen) atoms. The number of likely N-dealkylation sites (tertiary alicyclic amines) is 1. The van der Waals surface area contributed by atoms with Gasteiger partial charge >= 0.3 is 0 Å². The quantitative estimate of drug-likeness (QED) is 0.721. The number of carbonyl (C=O) groups is 1. The van der Waals surface area contributed by atoms with Gasteiger partial charge in [-0.1, -0.05) is 6.42 Å². The Hall–Kier alpha value is -0.610. The van der Waals surface area contributed by atoms with Gasteiger partial charge < -0.3 is 15.3 Å². The van der Waals surface area contributed by atoms with Crippen LogP contribution < -0.4 is 5.32 Å². The minimum Gasteiger partial charge on any atom is -0.395 e. The van der Waals surface area contributed by atoms with E-state index in [4.69, 9.17) is 0 Å². The molecule has 2 aliphatic rings. The Balaban J connectivity index is 1.75. The van der Waals surface area contributed by atoms with E-state index in [1.54, 1.807) is 0 Å². The Bertz CT molecular complexity index is 258. The molecule has 1 aliphatic carbocycles. The largest absolute Gasteiger partial charge is 0.395 e. The lowest BCUT2D eigenvalue weighted by Gasteiger charge is -2.38. The molecule has 0 aromatic carbocycles. The molecule has 2 N–H and O–H groups in total. The minimum atomic E-state index is -0.440. The summed E-state index contributed by atoms with van der Waals surface area (Å²) < 4.78 is 0. The van der Waals surface area contributed by atoms with Crippen molar-refractivity contribution in [2.24, 2.45) is 11.3 Å². The molecule has 1 aliphatic heterocycles. The summed E-state index contributed by atoms with van der Waals surface area (Å²) in [5, 5.41) is 12.3. The summed E-state index contributed by atoms with van der Waals surface area (Å²) in [4.78, 5) is 14.2. The zero-order valence-electron chi connectivity index (χ0n) is 10.0. The molecule has 0 radical (unpaired) electrons. The SMILES string of the molecule is CN1CCC(CNC(=O)C2(CO)CCC2)C1. The van der Waals surface area contributed by atoms with E-state index in [2.05, 4.69) is 17.3 Å².